The summed E-state index contributed by atoms with van der Waals surface area (Å²) in [6, 6.07) is 17.7. The molecule has 0 aromatic heterocycles. The number of nitriles is 1. The Balaban J connectivity index is 2.03. The molecule has 26 heavy (non-hydrogen) atoms. The third-order valence-corrected chi connectivity index (χ3v) is 4.78. The molecule has 2 aromatic carbocycles. The van der Waals surface area contributed by atoms with Crippen molar-refractivity contribution in [1.82, 2.24) is 5.32 Å². The predicted molar refractivity (Wildman–Crippen MR) is 108 cm³/mol. The van der Waals surface area contributed by atoms with E-state index < -0.39 is 5.91 Å². The lowest BCUT2D eigenvalue weighted by molar-refractivity contribution is -0.117. The molecule has 0 saturated heterocycles. The minimum absolute atomic E-state index is 0.0385. The lowest BCUT2D eigenvalue weighted by Crippen LogP contribution is -2.28. The predicted octanol–water partition coefficient (Wildman–Crippen LogP) is 4.67. The highest BCUT2D eigenvalue weighted by Gasteiger charge is 2.13. The molecule has 2 rings (SSSR count). The Hall–Kier alpha value is -2.71. The van der Waals surface area contributed by atoms with Gasteiger partial charge in [-0.25, -0.2) is 0 Å². The van der Waals surface area contributed by atoms with Gasteiger partial charge in [-0.2, -0.15) is 5.26 Å². The van der Waals surface area contributed by atoms with Gasteiger partial charge in [-0.1, -0.05) is 37.3 Å². The van der Waals surface area contributed by atoms with Crippen LogP contribution in [0.4, 0.5) is 5.69 Å². The number of nitrogens with zero attached hydrogens (tertiary/aromatic N) is 1. The fourth-order valence-corrected chi connectivity index (χ4v) is 2.88. The smallest absolute Gasteiger partial charge is 0.263 e. The van der Waals surface area contributed by atoms with Crippen molar-refractivity contribution >= 4 is 23.4 Å². The van der Waals surface area contributed by atoms with Crippen molar-refractivity contribution in [2.45, 2.75) is 31.2 Å². The summed E-state index contributed by atoms with van der Waals surface area (Å²) in [7, 11) is 0. The molecule has 0 bridgehead atoms. The van der Waals surface area contributed by atoms with Gasteiger partial charge in [0.05, 0.1) is 6.04 Å². The molecule has 1 unspecified atom stereocenters. The average molecular weight is 366 g/mol. The molecule has 0 aliphatic heterocycles. The Morgan fingerprint density at radius 1 is 1.27 bits per heavy atom. The first kappa shape index (κ1) is 19.6. The van der Waals surface area contributed by atoms with E-state index in [1.807, 2.05) is 55.6 Å². The summed E-state index contributed by atoms with van der Waals surface area (Å²) in [4.78, 5) is 13.5. The fourth-order valence-electron chi connectivity index (χ4n) is 2.42. The number of rotatable bonds is 7. The molecule has 0 radical (unpaired) electrons. The Morgan fingerprint density at radius 3 is 2.62 bits per heavy atom. The van der Waals surface area contributed by atoms with Gasteiger partial charge in [-0.3, -0.25) is 4.79 Å². The molecule has 1 atom stereocenters. The SMILES string of the molecule is CCc1ccc(C(C)NC(=O)/C(C#N)=C\Nc2cccc(SC)c2)cc1. The molecule has 2 aromatic rings. The quantitative estimate of drug-likeness (QED) is 0.425. The van der Waals surface area contributed by atoms with Crippen molar-refractivity contribution in [2.24, 2.45) is 0 Å². The molecule has 0 aliphatic rings. The van der Waals surface area contributed by atoms with Crippen molar-refractivity contribution < 1.29 is 4.79 Å². The van der Waals surface area contributed by atoms with Crippen molar-refractivity contribution in [3.05, 3.63) is 71.4 Å². The highest BCUT2D eigenvalue weighted by molar-refractivity contribution is 7.98. The van der Waals surface area contributed by atoms with Crippen molar-refractivity contribution in [2.75, 3.05) is 11.6 Å². The van der Waals surface area contributed by atoms with Crippen LogP contribution in [0.15, 0.2) is 65.2 Å². The van der Waals surface area contributed by atoms with E-state index in [1.165, 1.54) is 11.8 Å². The van der Waals surface area contributed by atoms with Gasteiger partial charge in [0, 0.05) is 16.8 Å². The second-order valence-corrected chi connectivity index (χ2v) is 6.72. The Bertz CT molecular complexity index is 822. The number of hydrogen-bond acceptors (Lipinski definition) is 4. The molecule has 2 N–H and O–H groups in total. The molecule has 0 aliphatic carbocycles. The van der Waals surface area contributed by atoms with Gasteiger partial charge in [0.2, 0.25) is 0 Å². The van der Waals surface area contributed by atoms with E-state index in [-0.39, 0.29) is 11.6 Å². The molecule has 5 heteroatoms. The molecule has 0 saturated carbocycles. The van der Waals surface area contributed by atoms with E-state index in [2.05, 4.69) is 29.7 Å². The molecule has 4 nitrogen and oxygen atoms in total. The number of hydrogen-bond donors (Lipinski definition) is 2. The maximum Gasteiger partial charge on any atom is 0.263 e. The average Bonchev–Trinajstić information content (AvgIpc) is 2.68. The number of carbonyl (C=O) groups is 1. The first-order chi connectivity index (χ1) is 12.6. The summed E-state index contributed by atoms with van der Waals surface area (Å²) in [5.74, 6) is -0.395. The van der Waals surface area contributed by atoms with Gasteiger partial charge in [0.15, 0.2) is 0 Å². The molecule has 1 amide bonds. The third-order valence-electron chi connectivity index (χ3n) is 4.05. The minimum Gasteiger partial charge on any atom is -0.360 e. The molecular formula is C21H23N3OS. The lowest BCUT2D eigenvalue weighted by Gasteiger charge is -2.14. The van der Waals surface area contributed by atoms with Gasteiger partial charge in [-0.15, -0.1) is 11.8 Å². The number of anilines is 1. The van der Waals surface area contributed by atoms with Crippen molar-refractivity contribution in [1.29, 1.82) is 5.26 Å². The number of aryl methyl sites for hydroxylation is 1. The van der Waals surface area contributed by atoms with Crippen LogP contribution >= 0.6 is 11.8 Å². The molecule has 0 heterocycles. The first-order valence-electron chi connectivity index (χ1n) is 8.48. The molecule has 134 valence electrons. The summed E-state index contributed by atoms with van der Waals surface area (Å²) < 4.78 is 0. The number of benzene rings is 2. The van der Waals surface area contributed by atoms with E-state index >= 15 is 0 Å². The van der Waals surface area contributed by atoms with Crippen molar-refractivity contribution in [3.8, 4) is 6.07 Å². The topological polar surface area (TPSA) is 64.9 Å². The highest BCUT2D eigenvalue weighted by atomic mass is 32.2. The molecular weight excluding hydrogens is 342 g/mol. The second-order valence-electron chi connectivity index (χ2n) is 5.84. The van der Waals surface area contributed by atoms with Crippen LogP contribution in [0.5, 0.6) is 0 Å². The standard InChI is InChI=1S/C21H23N3OS/c1-4-16-8-10-17(11-9-16)15(2)24-21(25)18(13-22)14-23-19-6-5-7-20(12-19)26-3/h5-12,14-15,23H,4H2,1-3H3,(H,24,25)/b18-14-. The molecule has 0 spiro atoms. The van der Waals surface area contributed by atoms with Crippen LogP contribution < -0.4 is 10.6 Å². The zero-order chi connectivity index (χ0) is 18.9. The second kappa shape index (κ2) is 9.69. The van der Waals surface area contributed by atoms with Gasteiger partial charge in [0.1, 0.15) is 11.6 Å². The van der Waals surface area contributed by atoms with E-state index in [4.69, 9.17) is 0 Å². The van der Waals surface area contributed by atoms with Crippen LogP contribution in [0.2, 0.25) is 0 Å². The number of carbonyl (C=O) groups excluding carboxylic acids is 1. The maximum atomic E-state index is 12.4. The Labute approximate surface area is 159 Å². The van der Waals surface area contributed by atoms with Crippen LogP contribution in [0.1, 0.15) is 31.0 Å². The first-order valence-corrected chi connectivity index (χ1v) is 9.70. The van der Waals surface area contributed by atoms with Crippen LogP contribution in [0.3, 0.4) is 0 Å². The summed E-state index contributed by atoms with van der Waals surface area (Å²) in [6.07, 6.45) is 4.42. The summed E-state index contributed by atoms with van der Waals surface area (Å²) in [6.45, 7) is 4.01. The van der Waals surface area contributed by atoms with Gasteiger partial charge < -0.3 is 10.6 Å². The van der Waals surface area contributed by atoms with E-state index in [1.54, 1.807) is 11.8 Å². The van der Waals surface area contributed by atoms with Crippen LogP contribution in [-0.4, -0.2) is 12.2 Å². The van der Waals surface area contributed by atoms with E-state index in [0.717, 1.165) is 22.6 Å². The summed E-state index contributed by atoms with van der Waals surface area (Å²) in [5, 5.41) is 15.2. The Kier molecular flexibility index (Phi) is 7.31. The zero-order valence-electron chi connectivity index (χ0n) is 15.2. The van der Waals surface area contributed by atoms with Crippen LogP contribution in [-0.2, 0) is 11.2 Å². The number of thioether (sulfide) groups is 1. The minimum atomic E-state index is -0.395. The van der Waals surface area contributed by atoms with Crippen molar-refractivity contribution in [3.63, 3.8) is 0 Å². The van der Waals surface area contributed by atoms with Gasteiger partial charge in [-0.05, 0) is 48.9 Å². The van der Waals surface area contributed by atoms with Gasteiger partial charge in [0.25, 0.3) is 5.91 Å². The normalized spacial score (nSPS) is 12.2. The van der Waals surface area contributed by atoms with Gasteiger partial charge >= 0.3 is 0 Å². The zero-order valence-corrected chi connectivity index (χ0v) is 16.1. The monoisotopic (exact) mass is 365 g/mol. The van der Waals surface area contributed by atoms with Crippen LogP contribution in [0.25, 0.3) is 0 Å². The Morgan fingerprint density at radius 2 is 2.00 bits per heavy atom. The highest BCUT2D eigenvalue weighted by Crippen LogP contribution is 2.19. The lowest BCUT2D eigenvalue weighted by atomic mass is 10.0. The summed E-state index contributed by atoms with van der Waals surface area (Å²) >= 11 is 1.63. The van der Waals surface area contributed by atoms with Crippen LogP contribution in [0, 0.1) is 11.3 Å². The number of amides is 1. The molecule has 0 fully saturated rings. The third kappa shape index (κ3) is 5.40. The maximum absolute atomic E-state index is 12.4. The van der Waals surface area contributed by atoms with E-state index in [9.17, 15) is 10.1 Å². The largest absolute Gasteiger partial charge is 0.360 e. The van der Waals surface area contributed by atoms with E-state index in [0.29, 0.717) is 0 Å². The fraction of sp³-hybridized carbons (Fsp3) is 0.238. The number of nitrogens with one attached hydrogen (secondary N) is 2. The summed E-state index contributed by atoms with van der Waals surface area (Å²) in [5.41, 5.74) is 3.13.